The number of hydrogen-bond acceptors (Lipinski definition) is 14. The average molecular weight is 545 g/mol. The van der Waals surface area contributed by atoms with Crippen LogP contribution < -0.4 is 0 Å². The van der Waals surface area contributed by atoms with Gasteiger partial charge in [0, 0.05) is 41.5 Å². The van der Waals surface area contributed by atoms with E-state index in [-0.39, 0.29) is 6.61 Å². The Morgan fingerprint density at radius 1 is 0.579 bits per heavy atom. The van der Waals surface area contributed by atoms with Crippen molar-refractivity contribution >= 4 is 35.8 Å². The van der Waals surface area contributed by atoms with Gasteiger partial charge in [0.25, 0.3) is 0 Å². The van der Waals surface area contributed by atoms with Gasteiger partial charge >= 0.3 is 35.8 Å². The van der Waals surface area contributed by atoms with Crippen LogP contribution in [0.4, 0.5) is 0 Å². The Morgan fingerprint density at radius 2 is 1.08 bits per heavy atom. The number of hydrogen-bond donors (Lipinski definition) is 0. The van der Waals surface area contributed by atoms with Crippen LogP contribution in [0.5, 0.6) is 0 Å². The van der Waals surface area contributed by atoms with E-state index in [0.717, 1.165) is 27.7 Å². The van der Waals surface area contributed by atoms with Gasteiger partial charge in [-0.15, -0.1) is 0 Å². The topological polar surface area (TPSA) is 176 Å². The number of carbonyl (C=O) groups is 6. The standard InChI is InChI=1S/C24H32O14/c1-11(25)31-9-19-17(33-13(3)27)7-8-18(37-19)21-23(35-15(5)29)22(34-14(4)28)20(10-32-12(2)26)38-24(21)36-16(6)30/h7-8,17-24H,9-10H2,1-6H3/t17-,18-,19+,20+,21+,22+,23+,24?/m0/s1. The Labute approximate surface area is 218 Å². The van der Waals surface area contributed by atoms with E-state index in [1.165, 1.54) is 26.0 Å². The molecule has 212 valence electrons. The molecule has 8 atom stereocenters. The van der Waals surface area contributed by atoms with Gasteiger partial charge in [0.05, 0.1) is 12.0 Å². The van der Waals surface area contributed by atoms with Crippen LogP contribution >= 0.6 is 0 Å². The molecule has 0 saturated carbocycles. The Hall–Kier alpha value is -3.52. The molecular weight excluding hydrogens is 512 g/mol. The van der Waals surface area contributed by atoms with Crippen LogP contribution in [-0.2, 0) is 66.7 Å². The lowest BCUT2D eigenvalue weighted by molar-refractivity contribution is -0.299. The average Bonchev–Trinajstić information content (AvgIpc) is 2.77. The highest BCUT2D eigenvalue weighted by Gasteiger charge is 2.55. The van der Waals surface area contributed by atoms with E-state index in [0.29, 0.717) is 0 Å². The molecule has 0 bridgehead atoms. The second-order valence-corrected chi connectivity index (χ2v) is 8.58. The SMILES string of the molecule is CC(=O)OC[C@H]1OC(OC(C)=O)[C@H]([C@@H]2C=C[C@H](OC(C)=O)[C@@H](COC(C)=O)O2)[C@@H](OC(C)=O)[C@@H]1OC(C)=O. The van der Waals surface area contributed by atoms with Crippen LogP contribution in [0.3, 0.4) is 0 Å². The van der Waals surface area contributed by atoms with Crippen molar-refractivity contribution in [2.24, 2.45) is 5.92 Å². The lowest BCUT2D eigenvalue weighted by Crippen LogP contribution is -2.63. The maximum absolute atomic E-state index is 12.1. The van der Waals surface area contributed by atoms with Crippen molar-refractivity contribution in [3.05, 3.63) is 12.2 Å². The van der Waals surface area contributed by atoms with Gasteiger partial charge in [0.1, 0.15) is 31.5 Å². The van der Waals surface area contributed by atoms with Gasteiger partial charge in [0.15, 0.2) is 12.2 Å². The molecule has 0 N–H and O–H groups in total. The Balaban J connectivity index is 2.53. The molecule has 1 saturated heterocycles. The van der Waals surface area contributed by atoms with E-state index in [4.69, 9.17) is 37.9 Å². The molecule has 14 nitrogen and oxygen atoms in total. The number of carbonyl (C=O) groups excluding carboxylic acids is 6. The van der Waals surface area contributed by atoms with E-state index in [1.54, 1.807) is 0 Å². The minimum Gasteiger partial charge on any atom is -0.463 e. The maximum atomic E-state index is 12.1. The molecule has 2 heterocycles. The summed E-state index contributed by atoms with van der Waals surface area (Å²) in [4.78, 5) is 70.5. The fraction of sp³-hybridized carbons (Fsp3) is 0.667. The van der Waals surface area contributed by atoms with Gasteiger partial charge in [-0.3, -0.25) is 28.8 Å². The largest absolute Gasteiger partial charge is 0.463 e. The van der Waals surface area contributed by atoms with Crippen LogP contribution in [0.1, 0.15) is 41.5 Å². The molecule has 0 radical (unpaired) electrons. The Morgan fingerprint density at radius 3 is 1.58 bits per heavy atom. The number of rotatable bonds is 9. The van der Waals surface area contributed by atoms with Crippen molar-refractivity contribution in [2.45, 2.75) is 84.5 Å². The molecule has 1 unspecified atom stereocenters. The van der Waals surface area contributed by atoms with E-state index in [9.17, 15) is 28.8 Å². The summed E-state index contributed by atoms with van der Waals surface area (Å²) in [5.74, 6) is -5.29. The van der Waals surface area contributed by atoms with E-state index in [2.05, 4.69) is 0 Å². The van der Waals surface area contributed by atoms with Crippen molar-refractivity contribution < 1.29 is 66.7 Å². The van der Waals surface area contributed by atoms with E-state index < -0.39 is 91.3 Å². The number of esters is 6. The molecule has 2 rings (SSSR count). The first-order chi connectivity index (χ1) is 17.8. The fourth-order valence-corrected chi connectivity index (χ4v) is 4.07. The highest BCUT2D eigenvalue weighted by molar-refractivity contribution is 5.68. The number of ether oxygens (including phenoxy) is 8. The zero-order valence-corrected chi connectivity index (χ0v) is 21.9. The highest BCUT2D eigenvalue weighted by Crippen LogP contribution is 2.37. The quantitative estimate of drug-likeness (QED) is 0.217. The molecular formula is C24H32O14. The molecule has 2 aliphatic heterocycles. The highest BCUT2D eigenvalue weighted by atomic mass is 16.7. The fourth-order valence-electron chi connectivity index (χ4n) is 4.07. The van der Waals surface area contributed by atoms with Gasteiger partial charge < -0.3 is 37.9 Å². The summed E-state index contributed by atoms with van der Waals surface area (Å²) < 4.78 is 43.6. The smallest absolute Gasteiger partial charge is 0.304 e. The van der Waals surface area contributed by atoms with Crippen molar-refractivity contribution in [1.82, 2.24) is 0 Å². The summed E-state index contributed by atoms with van der Waals surface area (Å²) in [5.41, 5.74) is 0. The third-order valence-electron chi connectivity index (χ3n) is 5.35. The van der Waals surface area contributed by atoms with Gasteiger partial charge in [-0.05, 0) is 6.08 Å². The maximum Gasteiger partial charge on any atom is 0.304 e. The van der Waals surface area contributed by atoms with Gasteiger partial charge in [0.2, 0.25) is 6.29 Å². The molecule has 0 aromatic carbocycles. The molecule has 2 aliphatic rings. The summed E-state index contributed by atoms with van der Waals surface area (Å²) >= 11 is 0. The van der Waals surface area contributed by atoms with Crippen molar-refractivity contribution in [2.75, 3.05) is 13.2 Å². The molecule has 0 aromatic heterocycles. The zero-order valence-electron chi connectivity index (χ0n) is 21.9. The summed E-state index contributed by atoms with van der Waals surface area (Å²) in [7, 11) is 0. The van der Waals surface area contributed by atoms with Gasteiger partial charge in [-0.1, -0.05) is 6.08 Å². The minimum atomic E-state index is -1.43. The predicted molar refractivity (Wildman–Crippen MR) is 122 cm³/mol. The van der Waals surface area contributed by atoms with Crippen LogP contribution in [-0.4, -0.2) is 91.9 Å². The lowest BCUT2D eigenvalue weighted by atomic mass is 9.84. The Kier molecular flexibility index (Phi) is 11.2. The molecule has 0 spiro atoms. The monoisotopic (exact) mass is 544 g/mol. The molecule has 38 heavy (non-hydrogen) atoms. The van der Waals surface area contributed by atoms with Crippen molar-refractivity contribution in [3.63, 3.8) is 0 Å². The van der Waals surface area contributed by atoms with Gasteiger partial charge in [-0.25, -0.2) is 0 Å². The molecule has 0 aromatic rings. The first-order valence-electron chi connectivity index (χ1n) is 11.7. The summed E-state index contributed by atoms with van der Waals surface area (Å²) in [6, 6.07) is 0. The second-order valence-electron chi connectivity index (χ2n) is 8.58. The third kappa shape index (κ3) is 9.10. The third-order valence-corrected chi connectivity index (χ3v) is 5.35. The first-order valence-corrected chi connectivity index (χ1v) is 11.7. The predicted octanol–water partition coefficient (Wildman–Crippen LogP) is 0.136. The summed E-state index contributed by atoms with van der Waals surface area (Å²) in [6.07, 6.45) is -5.28. The van der Waals surface area contributed by atoms with Gasteiger partial charge in [-0.2, -0.15) is 0 Å². The second kappa shape index (κ2) is 13.9. The normalized spacial score (nSPS) is 30.4. The zero-order chi connectivity index (χ0) is 28.6. The van der Waals surface area contributed by atoms with E-state index >= 15 is 0 Å². The summed E-state index contributed by atoms with van der Waals surface area (Å²) in [5, 5.41) is 0. The summed E-state index contributed by atoms with van der Waals surface area (Å²) in [6.45, 7) is 6.18. The van der Waals surface area contributed by atoms with Crippen molar-refractivity contribution in [3.8, 4) is 0 Å². The minimum absolute atomic E-state index is 0.305. The van der Waals surface area contributed by atoms with Crippen LogP contribution in [0.15, 0.2) is 12.2 Å². The molecule has 1 fully saturated rings. The molecule has 14 heteroatoms. The Bertz CT molecular complexity index is 942. The van der Waals surface area contributed by atoms with Crippen molar-refractivity contribution in [1.29, 1.82) is 0 Å². The van der Waals surface area contributed by atoms with Crippen LogP contribution in [0.2, 0.25) is 0 Å². The van der Waals surface area contributed by atoms with Crippen LogP contribution in [0, 0.1) is 5.92 Å². The van der Waals surface area contributed by atoms with E-state index in [1.807, 2.05) is 0 Å². The van der Waals surface area contributed by atoms with Crippen LogP contribution in [0.25, 0.3) is 0 Å². The molecule has 0 aliphatic carbocycles. The lowest BCUT2D eigenvalue weighted by Gasteiger charge is -2.47. The first kappa shape index (κ1) is 30.7. The molecule has 0 amide bonds.